The molecule has 0 saturated heterocycles. The summed E-state index contributed by atoms with van der Waals surface area (Å²) in [7, 11) is 0. The quantitative estimate of drug-likeness (QED) is 0.220. The van der Waals surface area contributed by atoms with Crippen molar-refractivity contribution in [3.63, 3.8) is 0 Å². The summed E-state index contributed by atoms with van der Waals surface area (Å²) in [6.07, 6.45) is 3.33. The molecular formula is C34H30Ge. The van der Waals surface area contributed by atoms with Crippen molar-refractivity contribution >= 4 is 26.5 Å². The van der Waals surface area contributed by atoms with Crippen LogP contribution in [0, 0.1) is 6.92 Å². The minimum absolute atomic E-state index is 0.924. The molecule has 0 aliphatic heterocycles. The van der Waals surface area contributed by atoms with Gasteiger partial charge in [0.2, 0.25) is 0 Å². The monoisotopic (exact) mass is 512 g/mol. The van der Waals surface area contributed by atoms with Gasteiger partial charge < -0.3 is 0 Å². The Morgan fingerprint density at radius 2 is 0.886 bits per heavy atom. The third kappa shape index (κ3) is 5.08. The molecule has 35 heavy (non-hydrogen) atoms. The first-order chi connectivity index (χ1) is 17.3. The predicted molar refractivity (Wildman–Crippen MR) is 153 cm³/mol. The first kappa shape index (κ1) is 23.1. The van der Waals surface area contributed by atoms with Crippen molar-refractivity contribution in [3.05, 3.63) is 162 Å². The first-order valence-electron chi connectivity index (χ1n) is 12.3. The molecule has 0 N–H and O–H groups in total. The van der Waals surface area contributed by atoms with Gasteiger partial charge in [-0.1, -0.05) is 0 Å². The maximum atomic E-state index is 2.58. The Hall–Kier alpha value is -3.62. The second-order valence-corrected chi connectivity index (χ2v) is 16.8. The maximum absolute atomic E-state index is 3.02. The van der Waals surface area contributed by atoms with Gasteiger partial charge in [-0.2, -0.15) is 0 Å². The Bertz CT molecular complexity index is 1270. The molecule has 0 radical (unpaired) electrons. The SMILES string of the molecule is Cc1ccc(-c2ccc(C/C=[CH]/[Ge]([c]3ccccc3)([c]3ccccc3)[c]3ccccc3)cc2)cc1. The molecule has 0 nitrogen and oxygen atoms in total. The van der Waals surface area contributed by atoms with Crippen LogP contribution in [0.25, 0.3) is 11.1 Å². The summed E-state index contributed by atoms with van der Waals surface area (Å²) in [5.74, 6) is 0. The van der Waals surface area contributed by atoms with E-state index in [1.807, 2.05) is 0 Å². The molecule has 5 aromatic rings. The van der Waals surface area contributed by atoms with E-state index in [1.54, 1.807) is 0 Å². The van der Waals surface area contributed by atoms with Crippen LogP contribution in [0.4, 0.5) is 0 Å². The number of benzene rings is 5. The number of hydrogen-bond donors (Lipinski definition) is 0. The topological polar surface area (TPSA) is 0 Å². The van der Waals surface area contributed by atoms with E-state index in [-0.39, 0.29) is 0 Å². The molecule has 1 heteroatoms. The van der Waals surface area contributed by atoms with Gasteiger partial charge in [0.1, 0.15) is 0 Å². The molecule has 5 rings (SSSR count). The average Bonchev–Trinajstić information content (AvgIpc) is 2.94. The van der Waals surface area contributed by atoms with Gasteiger partial charge in [-0.3, -0.25) is 0 Å². The van der Waals surface area contributed by atoms with Crippen molar-refractivity contribution in [2.24, 2.45) is 0 Å². The zero-order chi connectivity index (χ0) is 23.9. The fourth-order valence-electron chi connectivity index (χ4n) is 4.84. The Kier molecular flexibility index (Phi) is 7.11. The molecule has 0 bridgehead atoms. The van der Waals surface area contributed by atoms with Crippen LogP contribution in [0.15, 0.2) is 151 Å². The van der Waals surface area contributed by atoms with E-state index in [4.69, 9.17) is 0 Å². The molecule has 0 heterocycles. The summed E-state index contributed by atoms with van der Waals surface area (Å²) in [6, 6.07) is 51.1. The zero-order valence-electron chi connectivity index (χ0n) is 20.1. The fraction of sp³-hybridized carbons (Fsp3) is 0.0588. The van der Waals surface area contributed by atoms with Gasteiger partial charge in [0, 0.05) is 0 Å². The third-order valence-electron chi connectivity index (χ3n) is 6.75. The van der Waals surface area contributed by atoms with Crippen molar-refractivity contribution in [2.45, 2.75) is 13.3 Å². The van der Waals surface area contributed by atoms with Crippen LogP contribution >= 0.6 is 0 Å². The minimum atomic E-state index is -3.02. The van der Waals surface area contributed by atoms with Gasteiger partial charge in [-0.05, 0) is 0 Å². The summed E-state index contributed by atoms with van der Waals surface area (Å²) < 4.78 is 4.36. The molecule has 170 valence electrons. The summed E-state index contributed by atoms with van der Waals surface area (Å²) in [4.78, 5) is 2.58. The van der Waals surface area contributed by atoms with E-state index in [2.05, 4.69) is 157 Å². The summed E-state index contributed by atoms with van der Waals surface area (Å²) in [5, 5.41) is 0. The second-order valence-electron chi connectivity index (χ2n) is 9.08. The number of hydrogen-bond acceptors (Lipinski definition) is 0. The van der Waals surface area contributed by atoms with E-state index in [0.717, 1.165) is 6.42 Å². The third-order valence-corrected chi connectivity index (χ3v) is 16.1. The molecule has 5 aromatic carbocycles. The van der Waals surface area contributed by atoms with Crippen LogP contribution in [0.2, 0.25) is 0 Å². The Morgan fingerprint density at radius 1 is 0.486 bits per heavy atom. The molecule has 0 amide bonds. The summed E-state index contributed by atoms with van der Waals surface area (Å²) >= 11 is -3.02. The van der Waals surface area contributed by atoms with Crippen LogP contribution < -0.4 is 13.2 Å². The van der Waals surface area contributed by atoms with Gasteiger partial charge in [0.05, 0.1) is 0 Å². The van der Waals surface area contributed by atoms with Crippen molar-refractivity contribution in [1.82, 2.24) is 0 Å². The molecule has 0 atom stereocenters. The van der Waals surface area contributed by atoms with Crippen LogP contribution in [0.1, 0.15) is 11.1 Å². The van der Waals surface area contributed by atoms with E-state index in [9.17, 15) is 0 Å². The molecule has 0 aliphatic carbocycles. The van der Waals surface area contributed by atoms with Crippen molar-refractivity contribution in [3.8, 4) is 11.1 Å². The number of aryl methyl sites for hydroxylation is 1. The van der Waals surface area contributed by atoms with Crippen LogP contribution in [0.5, 0.6) is 0 Å². The van der Waals surface area contributed by atoms with Crippen molar-refractivity contribution in [2.75, 3.05) is 0 Å². The Morgan fingerprint density at radius 3 is 1.31 bits per heavy atom. The van der Waals surface area contributed by atoms with E-state index < -0.39 is 13.3 Å². The normalized spacial score (nSPS) is 11.6. The summed E-state index contributed by atoms with van der Waals surface area (Å²) in [5.41, 5.74) is 5.16. The zero-order valence-corrected chi connectivity index (χ0v) is 22.2. The van der Waals surface area contributed by atoms with Gasteiger partial charge in [0.15, 0.2) is 0 Å². The molecule has 0 fully saturated rings. The molecule has 0 saturated carbocycles. The fourth-order valence-corrected chi connectivity index (χ4v) is 13.7. The van der Waals surface area contributed by atoms with E-state index in [0.29, 0.717) is 0 Å². The Labute approximate surface area is 212 Å². The molecular weight excluding hydrogens is 481 g/mol. The van der Waals surface area contributed by atoms with E-state index in [1.165, 1.54) is 35.4 Å². The predicted octanol–water partition coefficient (Wildman–Crippen LogP) is 6.47. The second kappa shape index (κ2) is 10.8. The van der Waals surface area contributed by atoms with Gasteiger partial charge >= 0.3 is 213 Å². The van der Waals surface area contributed by atoms with Gasteiger partial charge in [0.25, 0.3) is 0 Å². The number of allylic oxidation sites excluding steroid dienone is 1. The van der Waals surface area contributed by atoms with Gasteiger partial charge in [-0.25, -0.2) is 0 Å². The van der Waals surface area contributed by atoms with E-state index >= 15 is 0 Å². The standard InChI is InChI=1S/C34H30Ge/c1-28-19-23-30(24-20-28)31-25-21-29(22-26-31)12-11-27-35(32-13-5-2-6-14-32,33-15-7-3-8-16-33)34-17-9-4-10-18-34/h2-11,13-27H,12H2,1H3/b27-11+. The van der Waals surface area contributed by atoms with Crippen molar-refractivity contribution in [1.29, 1.82) is 0 Å². The number of rotatable bonds is 7. The van der Waals surface area contributed by atoms with Crippen LogP contribution in [0.3, 0.4) is 0 Å². The first-order valence-corrected chi connectivity index (χ1v) is 16.6. The molecule has 0 aliphatic rings. The molecule has 0 unspecified atom stereocenters. The van der Waals surface area contributed by atoms with Crippen LogP contribution in [-0.4, -0.2) is 13.3 Å². The average molecular weight is 511 g/mol. The Balaban J connectivity index is 1.51. The molecule has 0 aromatic heterocycles. The summed E-state index contributed by atoms with van der Waals surface area (Å²) in [6.45, 7) is 2.13. The van der Waals surface area contributed by atoms with Crippen molar-refractivity contribution < 1.29 is 0 Å². The van der Waals surface area contributed by atoms with Gasteiger partial charge in [-0.15, -0.1) is 0 Å². The van der Waals surface area contributed by atoms with Crippen LogP contribution in [-0.2, 0) is 6.42 Å². The molecule has 0 spiro atoms.